The molecule has 0 radical (unpaired) electrons. The Labute approximate surface area is 109 Å². The molecule has 0 fully saturated rings. The number of nitrogens with two attached hydrogens (primary N) is 1. The third kappa shape index (κ3) is 3.01. The number of benzene rings is 1. The molecule has 0 aliphatic rings. The lowest BCUT2D eigenvalue weighted by Crippen LogP contribution is -2.29. The van der Waals surface area contributed by atoms with E-state index in [1.165, 1.54) is 0 Å². The predicted molar refractivity (Wildman–Crippen MR) is 68.9 cm³/mol. The molecule has 17 heavy (non-hydrogen) atoms. The van der Waals surface area contributed by atoms with Gasteiger partial charge in [0.1, 0.15) is 0 Å². The van der Waals surface area contributed by atoms with E-state index in [0.717, 1.165) is 17.5 Å². The van der Waals surface area contributed by atoms with Crippen LogP contribution in [0.25, 0.3) is 0 Å². The van der Waals surface area contributed by atoms with Crippen LogP contribution in [0.15, 0.2) is 41.2 Å². The van der Waals surface area contributed by atoms with Crippen molar-refractivity contribution in [3.05, 3.63) is 58.0 Å². The Hall–Kier alpha value is -1.000. The van der Waals surface area contributed by atoms with Gasteiger partial charge < -0.3 is 4.42 Å². The maximum atomic E-state index is 5.98. The highest BCUT2D eigenvalue weighted by Gasteiger charge is 2.12. The van der Waals surface area contributed by atoms with Crippen LogP contribution >= 0.6 is 23.2 Å². The summed E-state index contributed by atoms with van der Waals surface area (Å²) in [7, 11) is 0. The molecule has 3 N–H and O–H groups in total. The molecular weight excluding hydrogens is 259 g/mol. The molecule has 0 amide bonds. The minimum Gasteiger partial charge on any atom is -0.472 e. The third-order valence-electron chi connectivity index (χ3n) is 2.57. The summed E-state index contributed by atoms with van der Waals surface area (Å²) in [6.07, 6.45) is 4.06. The van der Waals surface area contributed by atoms with Crippen molar-refractivity contribution in [1.29, 1.82) is 0 Å². The normalized spacial score (nSPS) is 12.6. The van der Waals surface area contributed by atoms with E-state index in [9.17, 15) is 0 Å². The van der Waals surface area contributed by atoms with Gasteiger partial charge in [0.05, 0.1) is 28.6 Å². The Bertz CT molecular complexity index is 485. The number of nitrogens with one attached hydrogen (secondary N) is 1. The van der Waals surface area contributed by atoms with E-state index in [2.05, 4.69) is 5.43 Å². The second-order valence-electron chi connectivity index (χ2n) is 3.73. The third-order valence-corrected chi connectivity index (χ3v) is 3.31. The van der Waals surface area contributed by atoms with Gasteiger partial charge in [0.15, 0.2) is 0 Å². The van der Waals surface area contributed by atoms with Crippen LogP contribution in [0.1, 0.15) is 17.2 Å². The standard InChI is InChI=1S/C12H12Cl2N2O/c13-10-2-1-9(6-11(10)14)12(16-15)5-8-3-4-17-7-8/h1-4,6-7,12,16H,5,15H2. The fourth-order valence-electron chi connectivity index (χ4n) is 1.65. The Morgan fingerprint density at radius 3 is 2.65 bits per heavy atom. The average Bonchev–Trinajstić information content (AvgIpc) is 2.82. The molecular formula is C12H12Cl2N2O. The van der Waals surface area contributed by atoms with Gasteiger partial charge in [-0.2, -0.15) is 0 Å². The highest BCUT2D eigenvalue weighted by molar-refractivity contribution is 6.42. The van der Waals surface area contributed by atoms with Crippen LogP contribution in [-0.2, 0) is 6.42 Å². The van der Waals surface area contributed by atoms with Crippen LogP contribution in [0, 0.1) is 0 Å². The van der Waals surface area contributed by atoms with E-state index in [1.807, 2.05) is 18.2 Å². The van der Waals surface area contributed by atoms with Gasteiger partial charge in [0.2, 0.25) is 0 Å². The maximum Gasteiger partial charge on any atom is 0.0935 e. The summed E-state index contributed by atoms with van der Waals surface area (Å²) in [5.74, 6) is 5.55. The molecule has 1 aromatic carbocycles. The van der Waals surface area contributed by atoms with Crippen molar-refractivity contribution >= 4 is 23.2 Å². The molecule has 5 heteroatoms. The highest BCUT2D eigenvalue weighted by atomic mass is 35.5. The van der Waals surface area contributed by atoms with E-state index in [1.54, 1.807) is 18.6 Å². The first-order valence-corrected chi connectivity index (χ1v) is 5.88. The van der Waals surface area contributed by atoms with Gasteiger partial charge in [0, 0.05) is 0 Å². The van der Waals surface area contributed by atoms with E-state index in [0.29, 0.717) is 10.0 Å². The second kappa shape index (κ2) is 5.56. The second-order valence-corrected chi connectivity index (χ2v) is 4.54. The van der Waals surface area contributed by atoms with Gasteiger partial charge in [-0.15, -0.1) is 0 Å². The van der Waals surface area contributed by atoms with Crippen molar-refractivity contribution in [1.82, 2.24) is 5.43 Å². The Morgan fingerprint density at radius 1 is 1.24 bits per heavy atom. The number of halogens is 2. The van der Waals surface area contributed by atoms with Gasteiger partial charge in [-0.05, 0) is 35.7 Å². The first-order valence-electron chi connectivity index (χ1n) is 5.13. The van der Waals surface area contributed by atoms with Gasteiger partial charge in [0.25, 0.3) is 0 Å². The molecule has 1 heterocycles. The SMILES string of the molecule is NNC(Cc1ccoc1)c1ccc(Cl)c(Cl)c1. The lowest BCUT2D eigenvalue weighted by Gasteiger charge is -2.16. The summed E-state index contributed by atoms with van der Waals surface area (Å²) >= 11 is 11.9. The van der Waals surface area contributed by atoms with Crippen molar-refractivity contribution in [2.45, 2.75) is 12.5 Å². The van der Waals surface area contributed by atoms with E-state index in [-0.39, 0.29) is 6.04 Å². The smallest absolute Gasteiger partial charge is 0.0935 e. The zero-order valence-corrected chi connectivity index (χ0v) is 10.5. The fourth-order valence-corrected chi connectivity index (χ4v) is 1.95. The summed E-state index contributed by atoms with van der Waals surface area (Å²) in [4.78, 5) is 0. The van der Waals surface area contributed by atoms with E-state index in [4.69, 9.17) is 33.5 Å². The van der Waals surface area contributed by atoms with Crippen molar-refractivity contribution in [3.8, 4) is 0 Å². The Kier molecular flexibility index (Phi) is 4.07. The van der Waals surface area contributed by atoms with Gasteiger partial charge in [-0.1, -0.05) is 29.3 Å². The molecule has 3 nitrogen and oxygen atoms in total. The molecule has 1 unspecified atom stereocenters. The Morgan fingerprint density at radius 2 is 2.06 bits per heavy atom. The molecule has 0 saturated carbocycles. The van der Waals surface area contributed by atoms with Crippen LogP contribution < -0.4 is 11.3 Å². The molecule has 0 spiro atoms. The molecule has 0 bridgehead atoms. The van der Waals surface area contributed by atoms with Gasteiger partial charge in [-0.25, -0.2) is 0 Å². The fraction of sp³-hybridized carbons (Fsp3) is 0.167. The van der Waals surface area contributed by atoms with Crippen LogP contribution in [0.2, 0.25) is 10.0 Å². The van der Waals surface area contributed by atoms with Crippen molar-refractivity contribution in [2.24, 2.45) is 5.84 Å². The summed E-state index contributed by atoms with van der Waals surface area (Å²) < 4.78 is 5.02. The van der Waals surface area contributed by atoms with Gasteiger partial charge >= 0.3 is 0 Å². The van der Waals surface area contributed by atoms with E-state index < -0.39 is 0 Å². The number of rotatable bonds is 4. The van der Waals surface area contributed by atoms with Crippen molar-refractivity contribution < 1.29 is 4.42 Å². The molecule has 0 saturated heterocycles. The minimum atomic E-state index is -0.0256. The summed E-state index contributed by atoms with van der Waals surface area (Å²) in [5.41, 5.74) is 4.82. The van der Waals surface area contributed by atoms with Crippen LogP contribution in [-0.4, -0.2) is 0 Å². The highest BCUT2D eigenvalue weighted by Crippen LogP contribution is 2.26. The molecule has 2 aromatic rings. The lowest BCUT2D eigenvalue weighted by molar-refractivity contribution is 0.536. The number of furan rings is 1. The first kappa shape index (κ1) is 12.5. The van der Waals surface area contributed by atoms with Crippen molar-refractivity contribution in [2.75, 3.05) is 0 Å². The molecule has 1 atom stereocenters. The number of hydrazine groups is 1. The molecule has 2 rings (SSSR count). The number of hydrogen-bond donors (Lipinski definition) is 2. The lowest BCUT2D eigenvalue weighted by atomic mass is 10.0. The van der Waals surface area contributed by atoms with Crippen LogP contribution in [0.5, 0.6) is 0 Å². The Balaban J connectivity index is 2.20. The molecule has 0 aliphatic heterocycles. The summed E-state index contributed by atoms with van der Waals surface area (Å²) in [5, 5.41) is 1.06. The monoisotopic (exact) mass is 270 g/mol. The van der Waals surface area contributed by atoms with E-state index >= 15 is 0 Å². The summed E-state index contributed by atoms with van der Waals surface area (Å²) in [6.45, 7) is 0. The molecule has 0 aliphatic carbocycles. The maximum absolute atomic E-state index is 5.98. The average molecular weight is 271 g/mol. The quantitative estimate of drug-likeness (QED) is 0.662. The van der Waals surface area contributed by atoms with Crippen LogP contribution in [0.4, 0.5) is 0 Å². The number of hydrogen-bond acceptors (Lipinski definition) is 3. The van der Waals surface area contributed by atoms with Crippen molar-refractivity contribution in [3.63, 3.8) is 0 Å². The zero-order valence-electron chi connectivity index (χ0n) is 8.99. The topological polar surface area (TPSA) is 51.2 Å². The largest absolute Gasteiger partial charge is 0.472 e. The molecule has 1 aromatic heterocycles. The minimum absolute atomic E-state index is 0.0256. The molecule has 90 valence electrons. The predicted octanol–water partition coefficient (Wildman–Crippen LogP) is 3.33. The van der Waals surface area contributed by atoms with Gasteiger partial charge in [-0.3, -0.25) is 11.3 Å². The van der Waals surface area contributed by atoms with Crippen LogP contribution in [0.3, 0.4) is 0 Å². The first-order chi connectivity index (χ1) is 8.20. The summed E-state index contributed by atoms with van der Waals surface area (Å²) in [6, 6.07) is 7.36. The zero-order chi connectivity index (χ0) is 12.3.